The maximum atomic E-state index is 11.1. The van der Waals surface area contributed by atoms with Crippen molar-refractivity contribution in [3.8, 4) is 0 Å². The number of amides is 1. The first-order chi connectivity index (χ1) is 5.68. The molecule has 1 aliphatic heterocycles. The van der Waals surface area contributed by atoms with Gasteiger partial charge in [0, 0.05) is 5.38 Å². The predicted molar refractivity (Wildman–Crippen MR) is 47.2 cm³/mol. The van der Waals surface area contributed by atoms with Crippen LogP contribution in [0, 0.1) is 6.92 Å². The molecule has 1 aromatic heterocycles. The van der Waals surface area contributed by atoms with Crippen LogP contribution in [0.25, 0.3) is 0 Å². The first-order valence-electron chi connectivity index (χ1n) is 3.67. The number of nitrogens with zero attached hydrogens (tertiary/aromatic N) is 2. The van der Waals surface area contributed by atoms with Gasteiger partial charge in [-0.3, -0.25) is 9.69 Å². The molecule has 1 unspecified atom stereocenters. The van der Waals surface area contributed by atoms with Gasteiger partial charge in [0.15, 0.2) is 5.13 Å². The van der Waals surface area contributed by atoms with Crippen LogP contribution in [0.3, 0.4) is 0 Å². The lowest BCUT2D eigenvalue weighted by molar-refractivity contribution is -0.123. The fraction of sp³-hybridized carbons (Fsp3) is 0.429. The zero-order valence-corrected chi connectivity index (χ0v) is 7.47. The summed E-state index contributed by atoms with van der Waals surface area (Å²) in [6.45, 7) is 2.51. The highest BCUT2D eigenvalue weighted by molar-refractivity contribution is 7.14. The highest BCUT2D eigenvalue weighted by atomic mass is 32.1. The van der Waals surface area contributed by atoms with Gasteiger partial charge in [-0.15, -0.1) is 11.3 Å². The van der Waals surface area contributed by atoms with Crippen molar-refractivity contribution in [2.45, 2.75) is 13.0 Å². The Balaban J connectivity index is 2.18. The smallest absolute Gasteiger partial charge is 0.247 e. The molecule has 0 bridgehead atoms. The average molecular weight is 183 g/mol. The van der Waals surface area contributed by atoms with Crippen molar-refractivity contribution in [3.05, 3.63) is 11.1 Å². The van der Waals surface area contributed by atoms with E-state index in [4.69, 9.17) is 5.73 Å². The van der Waals surface area contributed by atoms with E-state index in [2.05, 4.69) is 4.98 Å². The molecule has 1 aromatic rings. The molecule has 1 aliphatic rings. The monoisotopic (exact) mass is 183 g/mol. The number of carbonyl (C=O) groups excluding carboxylic acids is 1. The minimum atomic E-state index is -0.311. The molecule has 1 fully saturated rings. The minimum Gasteiger partial charge on any atom is -0.318 e. The Labute approximate surface area is 74.0 Å². The number of hydrogen-bond acceptors (Lipinski definition) is 4. The van der Waals surface area contributed by atoms with E-state index >= 15 is 0 Å². The van der Waals surface area contributed by atoms with E-state index in [1.54, 1.807) is 4.90 Å². The summed E-state index contributed by atoms with van der Waals surface area (Å²) in [4.78, 5) is 16.9. The van der Waals surface area contributed by atoms with Crippen LogP contribution in [0.15, 0.2) is 5.38 Å². The van der Waals surface area contributed by atoms with Gasteiger partial charge in [-0.05, 0) is 6.92 Å². The van der Waals surface area contributed by atoms with Gasteiger partial charge < -0.3 is 5.73 Å². The van der Waals surface area contributed by atoms with Crippen molar-refractivity contribution in [2.75, 3.05) is 11.4 Å². The first-order valence-corrected chi connectivity index (χ1v) is 4.55. The van der Waals surface area contributed by atoms with E-state index in [9.17, 15) is 4.79 Å². The molecule has 2 rings (SSSR count). The Kier molecular flexibility index (Phi) is 1.62. The summed E-state index contributed by atoms with van der Waals surface area (Å²) in [6.07, 6.45) is 0. The number of nitrogens with two attached hydrogens (primary N) is 1. The van der Waals surface area contributed by atoms with Gasteiger partial charge in [-0.1, -0.05) is 0 Å². The normalized spacial score (nSPS) is 22.7. The van der Waals surface area contributed by atoms with Crippen LogP contribution in [0.4, 0.5) is 5.13 Å². The lowest BCUT2D eigenvalue weighted by atomic mass is 10.1. The molecule has 64 valence electrons. The van der Waals surface area contributed by atoms with Crippen molar-refractivity contribution < 1.29 is 4.79 Å². The largest absolute Gasteiger partial charge is 0.318 e. The summed E-state index contributed by atoms with van der Waals surface area (Å²) in [5, 5.41) is 2.69. The van der Waals surface area contributed by atoms with Crippen LogP contribution in [0.2, 0.25) is 0 Å². The van der Waals surface area contributed by atoms with Crippen molar-refractivity contribution in [1.82, 2.24) is 4.98 Å². The van der Waals surface area contributed by atoms with E-state index in [1.165, 1.54) is 11.3 Å². The van der Waals surface area contributed by atoms with Crippen LogP contribution in [0.1, 0.15) is 5.69 Å². The second-order valence-corrected chi connectivity index (χ2v) is 3.66. The fourth-order valence-corrected chi connectivity index (χ4v) is 1.91. The Morgan fingerprint density at radius 2 is 2.58 bits per heavy atom. The Morgan fingerprint density at radius 1 is 1.83 bits per heavy atom. The molecule has 1 atom stereocenters. The summed E-state index contributed by atoms with van der Waals surface area (Å²) in [5.74, 6) is -0.0237. The summed E-state index contributed by atoms with van der Waals surface area (Å²) in [5.41, 5.74) is 6.39. The molecule has 2 N–H and O–H groups in total. The quantitative estimate of drug-likeness (QED) is 0.629. The van der Waals surface area contributed by atoms with E-state index in [0.717, 1.165) is 10.8 Å². The van der Waals surface area contributed by atoms with Gasteiger partial charge in [-0.25, -0.2) is 4.98 Å². The molecule has 2 heterocycles. The number of hydrogen-bond donors (Lipinski definition) is 1. The molecule has 0 radical (unpaired) electrons. The molecular weight excluding hydrogens is 174 g/mol. The third kappa shape index (κ3) is 1.02. The SMILES string of the molecule is Cc1csc(N2CC(N)C2=O)n1. The molecule has 1 amide bonds. The summed E-state index contributed by atoms with van der Waals surface area (Å²) in [6, 6.07) is -0.311. The number of aromatic nitrogens is 1. The molecular formula is C7H9N3OS. The summed E-state index contributed by atoms with van der Waals surface area (Å²) in [7, 11) is 0. The van der Waals surface area contributed by atoms with Gasteiger partial charge in [0.25, 0.3) is 0 Å². The van der Waals surface area contributed by atoms with Crippen LogP contribution in [0.5, 0.6) is 0 Å². The van der Waals surface area contributed by atoms with Crippen LogP contribution < -0.4 is 10.6 Å². The number of carbonyl (C=O) groups is 1. The molecule has 4 nitrogen and oxygen atoms in total. The van der Waals surface area contributed by atoms with Gasteiger partial charge in [0.1, 0.15) is 6.04 Å². The Hall–Kier alpha value is -0.940. The van der Waals surface area contributed by atoms with Crippen molar-refractivity contribution in [3.63, 3.8) is 0 Å². The Bertz CT molecular complexity index is 322. The maximum absolute atomic E-state index is 11.1. The second kappa shape index (κ2) is 2.53. The van der Waals surface area contributed by atoms with Gasteiger partial charge >= 0.3 is 0 Å². The lowest BCUT2D eigenvalue weighted by Crippen LogP contribution is -2.61. The van der Waals surface area contributed by atoms with Crippen molar-refractivity contribution in [1.29, 1.82) is 0 Å². The van der Waals surface area contributed by atoms with Crippen LogP contribution in [-0.4, -0.2) is 23.5 Å². The first kappa shape index (κ1) is 7.70. The van der Waals surface area contributed by atoms with Gasteiger partial charge in [0.05, 0.1) is 12.2 Å². The molecule has 0 aromatic carbocycles. The zero-order valence-electron chi connectivity index (χ0n) is 6.65. The van der Waals surface area contributed by atoms with Crippen LogP contribution in [-0.2, 0) is 4.79 Å². The molecule has 0 spiro atoms. The fourth-order valence-electron chi connectivity index (χ4n) is 1.09. The van der Waals surface area contributed by atoms with Crippen LogP contribution >= 0.6 is 11.3 Å². The van der Waals surface area contributed by atoms with Crippen molar-refractivity contribution in [2.24, 2.45) is 5.73 Å². The molecule has 5 heteroatoms. The molecule has 0 saturated carbocycles. The number of β-lactam (4-membered cyclic amide) rings is 1. The molecule has 1 saturated heterocycles. The maximum Gasteiger partial charge on any atom is 0.247 e. The van der Waals surface area contributed by atoms with Gasteiger partial charge in [-0.2, -0.15) is 0 Å². The number of thiazole rings is 1. The Morgan fingerprint density at radius 3 is 3.00 bits per heavy atom. The average Bonchev–Trinajstić information content (AvgIpc) is 2.46. The molecule has 12 heavy (non-hydrogen) atoms. The minimum absolute atomic E-state index is 0.0237. The highest BCUT2D eigenvalue weighted by Crippen LogP contribution is 2.24. The summed E-state index contributed by atoms with van der Waals surface area (Å²) < 4.78 is 0. The number of rotatable bonds is 1. The van der Waals surface area contributed by atoms with E-state index in [-0.39, 0.29) is 11.9 Å². The van der Waals surface area contributed by atoms with E-state index in [1.807, 2.05) is 12.3 Å². The van der Waals surface area contributed by atoms with E-state index < -0.39 is 0 Å². The lowest BCUT2D eigenvalue weighted by Gasteiger charge is -2.33. The summed E-state index contributed by atoms with van der Waals surface area (Å²) >= 11 is 1.48. The predicted octanol–water partition coefficient (Wildman–Crippen LogP) is 0.125. The topological polar surface area (TPSA) is 59.2 Å². The number of aryl methyl sites for hydroxylation is 1. The van der Waals surface area contributed by atoms with E-state index in [0.29, 0.717) is 6.54 Å². The standard InChI is InChI=1S/C7H9N3OS/c1-4-3-12-7(9-4)10-2-5(8)6(10)11/h3,5H,2,8H2,1H3. The number of anilines is 1. The third-order valence-corrected chi connectivity index (χ3v) is 2.78. The van der Waals surface area contributed by atoms with Crippen molar-refractivity contribution >= 4 is 22.4 Å². The zero-order chi connectivity index (χ0) is 8.72. The van der Waals surface area contributed by atoms with Gasteiger partial charge in [0.2, 0.25) is 5.91 Å². The second-order valence-electron chi connectivity index (χ2n) is 2.83. The third-order valence-electron chi connectivity index (χ3n) is 1.80. The highest BCUT2D eigenvalue weighted by Gasteiger charge is 2.35. The molecule has 0 aliphatic carbocycles.